The number of likely N-dealkylation sites (tertiary alicyclic amines) is 1. The number of nitrogen functional groups attached to an aromatic ring is 1. The van der Waals surface area contributed by atoms with Crippen LogP contribution in [0.2, 0.25) is 0 Å². The van der Waals surface area contributed by atoms with E-state index in [0.717, 1.165) is 24.1 Å². The average Bonchev–Trinajstić information content (AvgIpc) is 2.74. The van der Waals surface area contributed by atoms with Gasteiger partial charge < -0.3 is 10.6 Å². The molecule has 28 heavy (non-hydrogen) atoms. The first-order chi connectivity index (χ1) is 13.6. The molecule has 0 aliphatic carbocycles. The van der Waals surface area contributed by atoms with Crippen molar-refractivity contribution in [2.75, 3.05) is 18.8 Å². The van der Waals surface area contributed by atoms with Gasteiger partial charge in [0.15, 0.2) is 0 Å². The first kappa shape index (κ1) is 18.1. The Kier molecular flexibility index (Phi) is 5.02. The number of halogens is 1. The molecule has 1 aromatic heterocycles. The van der Waals surface area contributed by atoms with Crippen molar-refractivity contribution in [2.24, 2.45) is 0 Å². The number of carbonyl (C=O) groups is 1. The van der Waals surface area contributed by atoms with E-state index in [1.807, 2.05) is 41.3 Å². The van der Waals surface area contributed by atoms with Gasteiger partial charge in [-0.15, -0.1) is 0 Å². The third-order valence-electron chi connectivity index (χ3n) is 5.09. The van der Waals surface area contributed by atoms with Gasteiger partial charge in [0.25, 0.3) is 5.91 Å². The van der Waals surface area contributed by atoms with Crippen molar-refractivity contribution < 1.29 is 9.18 Å². The highest BCUT2D eigenvalue weighted by molar-refractivity contribution is 5.94. The molecule has 0 saturated carbocycles. The van der Waals surface area contributed by atoms with Gasteiger partial charge in [0.1, 0.15) is 5.82 Å². The molecule has 0 unspecified atom stereocenters. The Bertz CT molecular complexity index is 993. The first-order valence-corrected chi connectivity index (χ1v) is 9.34. The lowest BCUT2D eigenvalue weighted by Crippen LogP contribution is -2.39. The summed E-state index contributed by atoms with van der Waals surface area (Å²) in [4.78, 5) is 23.3. The summed E-state index contributed by atoms with van der Waals surface area (Å²) in [5, 5.41) is 0. The molecule has 1 amide bonds. The van der Waals surface area contributed by atoms with Gasteiger partial charge >= 0.3 is 0 Å². The molecule has 3 aromatic rings. The Hall–Kier alpha value is -3.28. The number of hydrogen-bond donors (Lipinski definition) is 1. The van der Waals surface area contributed by atoms with E-state index >= 15 is 0 Å². The quantitative estimate of drug-likeness (QED) is 0.753. The fourth-order valence-corrected chi connectivity index (χ4v) is 3.75. The van der Waals surface area contributed by atoms with E-state index in [0.29, 0.717) is 24.2 Å². The lowest BCUT2D eigenvalue weighted by molar-refractivity contribution is 0.0706. The molecule has 1 saturated heterocycles. The predicted octanol–water partition coefficient (Wildman–Crippen LogP) is 3.88. The molecule has 6 heteroatoms. The lowest BCUT2D eigenvalue weighted by Gasteiger charge is -2.33. The minimum atomic E-state index is -0.315. The minimum Gasteiger partial charge on any atom is -0.368 e. The van der Waals surface area contributed by atoms with E-state index in [2.05, 4.69) is 9.97 Å². The number of amides is 1. The molecule has 1 aliphatic heterocycles. The highest BCUT2D eigenvalue weighted by Crippen LogP contribution is 2.34. The number of nitrogens with two attached hydrogens (primary N) is 1. The maximum Gasteiger partial charge on any atom is 0.253 e. The number of anilines is 1. The third kappa shape index (κ3) is 3.71. The topological polar surface area (TPSA) is 72.1 Å². The summed E-state index contributed by atoms with van der Waals surface area (Å²) >= 11 is 0. The van der Waals surface area contributed by atoms with Crippen LogP contribution in [-0.4, -0.2) is 33.9 Å². The predicted molar refractivity (Wildman–Crippen MR) is 106 cm³/mol. The van der Waals surface area contributed by atoms with Crippen LogP contribution in [0.25, 0.3) is 11.1 Å². The van der Waals surface area contributed by atoms with Gasteiger partial charge in [0.05, 0.1) is 5.69 Å². The maximum absolute atomic E-state index is 13.7. The van der Waals surface area contributed by atoms with Gasteiger partial charge in [0.2, 0.25) is 5.95 Å². The van der Waals surface area contributed by atoms with Crippen LogP contribution in [0.1, 0.15) is 34.8 Å². The van der Waals surface area contributed by atoms with Crippen molar-refractivity contribution in [3.63, 3.8) is 0 Å². The van der Waals surface area contributed by atoms with E-state index in [1.165, 1.54) is 12.1 Å². The number of rotatable bonds is 3. The molecular formula is C22H21FN4O. The fourth-order valence-electron chi connectivity index (χ4n) is 3.75. The summed E-state index contributed by atoms with van der Waals surface area (Å²) < 4.78 is 13.7. The Balaban J connectivity index is 1.65. The minimum absolute atomic E-state index is 0.0135. The number of carbonyl (C=O) groups excluding carboxylic acids is 1. The number of benzene rings is 2. The second-order valence-electron chi connectivity index (χ2n) is 6.99. The number of nitrogens with zero attached hydrogens (tertiary/aromatic N) is 3. The van der Waals surface area contributed by atoms with Crippen LogP contribution in [0.5, 0.6) is 0 Å². The van der Waals surface area contributed by atoms with Crippen LogP contribution in [0, 0.1) is 5.82 Å². The third-order valence-corrected chi connectivity index (χ3v) is 5.09. The number of aromatic nitrogens is 2. The van der Waals surface area contributed by atoms with Crippen molar-refractivity contribution in [3.05, 3.63) is 77.9 Å². The zero-order valence-electron chi connectivity index (χ0n) is 15.4. The Labute approximate surface area is 163 Å². The van der Waals surface area contributed by atoms with Crippen LogP contribution in [0.3, 0.4) is 0 Å². The smallest absolute Gasteiger partial charge is 0.253 e. The van der Waals surface area contributed by atoms with E-state index in [-0.39, 0.29) is 23.6 Å². The molecule has 0 bridgehead atoms. The highest BCUT2D eigenvalue weighted by Gasteiger charge is 2.28. The summed E-state index contributed by atoms with van der Waals surface area (Å²) in [6, 6.07) is 15.6. The van der Waals surface area contributed by atoms with E-state index in [4.69, 9.17) is 5.73 Å². The van der Waals surface area contributed by atoms with Gasteiger partial charge in [-0.25, -0.2) is 14.4 Å². The first-order valence-electron chi connectivity index (χ1n) is 9.34. The Morgan fingerprint density at radius 2 is 1.96 bits per heavy atom. The number of hydrogen-bond acceptors (Lipinski definition) is 4. The maximum atomic E-state index is 13.7. The van der Waals surface area contributed by atoms with Crippen molar-refractivity contribution in [1.29, 1.82) is 0 Å². The molecule has 4 rings (SSSR count). The molecule has 2 aromatic carbocycles. The highest BCUT2D eigenvalue weighted by atomic mass is 19.1. The molecule has 1 fully saturated rings. The van der Waals surface area contributed by atoms with E-state index < -0.39 is 0 Å². The van der Waals surface area contributed by atoms with E-state index in [1.54, 1.807) is 12.3 Å². The van der Waals surface area contributed by atoms with Crippen LogP contribution >= 0.6 is 0 Å². The molecule has 1 atom stereocenters. The summed E-state index contributed by atoms with van der Waals surface area (Å²) in [7, 11) is 0. The van der Waals surface area contributed by atoms with Crippen LogP contribution in [0.15, 0.2) is 60.8 Å². The molecule has 0 spiro atoms. The molecule has 2 heterocycles. The van der Waals surface area contributed by atoms with Crippen LogP contribution in [-0.2, 0) is 0 Å². The van der Waals surface area contributed by atoms with Crippen molar-refractivity contribution >= 4 is 11.9 Å². The van der Waals surface area contributed by atoms with Crippen molar-refractivity contribution in [2.45, 2.75) is 18.8 Å². The molecule has 142 valence electrons. The summed E-state index contributed by atoms with van der Waals surface area (Å²) in [6.45, 7) is 1.26. The second-order valence-corrected chi connectivity index (χ2v) is 6.99. The standard InChI is InChI=1S/C22H21FN4O/c23-18-10-4-8-16(12-18)19-13-25-22(24)26-20(19)17-9-5-11-27(14-17)21(28)15-6-2-1-3-7-15/h1-4,6-8,10,12-13,17H,5,9,11,14H2,(H2,24,25,26)/t17-/m1/s1. The van der Waals surface area contributed by atoms with Crippen molar-refractivity contribution in [3.8, 4) is 11.1 Å². The van der Waals surface area contributed by atoms with Crippen LogP contribution in [0.4, 0.5) is 10.3 Å². The summed E-state index contributed by atoms with van der Waals surface area (Å²) in [5.74, 6) is -0.101. The summed E-state index contributed by atoms with van der Waals surface area (Å²) in [6.07, 6.45) is 3.40. The molecule has 5 nitrogen and oxygen atoms in total. The zero-order valence-corrected chi connectivity index (χ0v) is 15.4. The van der Waals surface area contributed by atoms with Gasteiger partial charge in [-0.3, -0.25) is 4.79 Å². The lowest BCUT2D eigenvalue weighted by atomic mass is 9.89. The van der Waals surface area contributed by atoms with Crippen LogP contribution < -0.4 is 5.73 Å². The summed E-state index contributed by atoms with van der Waals surface area (Å²) in [5.41, 5.74) is 8.76. The normalized spacial score (nSPS) is 16.8. The SMILES string of the molecule is Nc1ncc(-c2cccc(F)c2)c([C@@H]2CCCN(C(=O)c3ccccc3)C2)n1. The van der Waals surface area contributed by atoms with E-state index in [9.17, 15) is 9.18 Å². The van der Waals surface area contributed by atoms with Crippen molar-refractivity contribution in [1.82, 2.24) is 14.9 Å². The van der Waals surface area contributed by atoms with Gasteiger partial charge in [0, 0.05) is 36.3 Å². The Morgan fingerprint density at radius 1 is 1.14 bits per heavy atom. The average molecular weight is 376 g/mol. The molecule has 2 N–H and O–H groups in total. The molecule has 0 radical (unpaired) electrons. The number of piperidine rings is 1. The second kappa shape index (κ2) is 7.76. The monoisotopic (exact) mass is 376 g/mol. The van der Waals surface area contributed by atoms with Gasteiger partial charge in [-0.2, -0.15) is 0 Å². The van der Waals surface area contributed by atoms with Gasteiger partial charge in [-0.05, 0) is 42.7 Å². The zero-order chi connectivity index (χ0) is 19.5. The molecular weight excluding hydrogens is 355 g/mol. The largest absolute Gasteiger partial charge is 0.368 e. The molecule has 1 aliphatic rings. The Morgan fingerprint density at radius 3 is 2.75 bits per heavy atom. The fraction of sp³-hybridized carbons (Fsp3) is 0.227. The van der Waals surface area contributed by atoms with Gasteiger partial charge in [-0.1, -0.05) is 30.3 Å².